The van der Waals surface area contributed by atoms with Crippen molar-refractivity contribution in [1.29, 1.82) is 0 Å². The molecule has 1 aliphatic carbocycles. The summed E-state index contributed by atoms with van der Waals surface area (Å²) in [7, 11) is -1.73. The monoisotopic (exact) mass is 332 g/mol. The second kappa shape index (κ2) is 6.54. The molecule has 3 heteroatoms. The summed E-state index contributed by atoms with van der Waals surface area (Å²) in [6.07, 6.45) is 5.59. The third kappa shape index (κ3) is 4.56. The van der Waals surface area contributed by atoms with Gasteiger partial charge in [0.25, 0.3) is 0 Å². The molecule has 1 aromatic rings. The van der Waals surface area contributed by atoms with Gasteiger partial charge in [-0.05, 0) is 37.5 Å². The van der Waals surface area contributed by atoms with Crippen LogP contribution >= 0.6 is 0 Å². The molecule has 0 heterocycles. The topological polar surface area (TPSA) is 18.5 Å². The molecule has 0 radical (unpaired) electrons. The zero-order valence-electron chi connectivity index (χ0n) is 15.7. The molecule has 0 N–H and O–H groups in total. The highest BCUT2D eigenvalue weighted by Crippen LogP contribution is 2.39. The lowest BCUT2D eigenvalue weighted by Gasteiger charge is -2.38. The minimum absolute atomic E-state index is 0.125. The van der Waals surface area contributed by atoms with Gasteiger partial charge in [0, 0.05) is 6.42 Å². The molecule has 2 rings (SSSR count). The molecule has 1 aliphatic rings. The van der Waals surface area contributed by atoms with E-state index in [0.29, 0.717) is 0 Å². The fourth-order valence-electron chi connectivity index (χ4n) is 2.65. The Morgan fingerprint density at radius 2 is 1.48 bits per heavy atom. The smallest absolute Gasteiger partial charge is 0.192 e. The summed E-state index contributed by atoms with van der Waals surface area (Å²) in [6.45, 7) is 15.7. The van der Waals surface area contributed by atoms with Crippen LogP contribution < -0.4 is 0 Å². The van der Waals surface area contributed by atoms with Crippen molar-refractivity contribution in [1.82, 2.24) is 0 Å². The molecule has 2 nitrogen and oxygen atoms in total. The second-order valence-corrected chi connectivity index (χ2v) is 13.3. The number of benzene rings is 1. The Morgan fingerprint density at radius 3 is 2.04 bits per heavy atom. The fraction of sp³-hybridized carbons (Fsp3) is 0.600. The van der Waals surface area contributed by atoms with E-state index < -0.39 is 8.32 Å². The highest BCUT2D eigenvalue weighted by molar-refractivity contribution is 6.74. The lowest BCUT2D eigenvalue weighted by molar-refractivity contribution is -0.0610. The van der Waals surface area contributed by atoms with E-state index in [4.69, 9.17) is 9.16 Å². The van der Waals surface area contributed by atoms with Crippen LogP contribution in [0.5, 0.6) is 0 Å². The van der Waals surface area contributed by atoms with E-state index in [1.807, 2.05) is 6.07 Å². The Morgan fingerprint density at radius 1 is 0.913 bits per heavy atom. The van der Waals surface area contributed by atoms with Gasteiger partial charge in [-0.15, -0.1) is 0 Å². The summed E-state index contributed by atoms with van der Waals surface area (Å²) >= 11 is 0. The second-order valence-electron chi connectivity index (χ2n) is 8.57. The zero-order valence-corrected chi connectivity index (χ0v) is 16.7. The maximum atomic E-state index is 6.49. The van der Waals surface area contributed by atoms with Crippen LogP contribution in [0.3, 0.4) is 0 Å². The van der Waals surface area contributed by atoms with E-state index in [0.717, 1.165) is 6.42 Å². The molecule has 0 spiro atoms. The third-order valence-electron chi connectivity index (χ3n) is 5.17. The van der Waals surface area contributed by atoms with E-state index >= 15 is 0 Å². The number of rotatable bonds is 5. The van der Waals surface area contributed by atoms with E-state index in [-0.39, 0.29) is 22.8 Å². The fourth-order valence-corrected chi connectivity index (χ4v) is 3.94. The molecule has 0 aromatic heterocycles. The van der Waals surface area contributed by atoms with Crippen molar-refractivity contribution in [3.63, 3.8) is 0 Å². The third-order valence-corrected chi connectivity index (χ3v) is 9.68. The molecule has 128 valence electrons. The molecule has 23 heavy (non-hydrogen) atoms. The molecular weight excluding hydrogens is 300 g/mol. The molecule has 0 saturated carbocycles. The van der Waals surface area contributed by atoms with Gasteiger partial charge in [0.05, 0.1) is 17.8 Å². The first-order chi connectivity index (χ1) is 10.5. The molecule has 0 amide bonds. The average molecular weight is 333 g/mol. The maximum absolute atomic E-state index is 6.49. The summed E-state index contributed by atoms with van der Waals surface area (Å²) < 4.78 is 12.8. The van der Waals surface area contributed by atoms with Crippen LogP contribution in [0.15, 0.2) is 42.5 Å². The summed E-state index contributed by atoms with van der Waals surface area (Å²) in [4.78, 5) is 0. The highest BCUT2D eigenvalue weighted by Gasteiger charge is 2.40. The Bertz CT molecular complexity index is 541. The van der Waals surface area contributed by atoms with Crippen molar-refractivity contribution in [3.8, 4) is 0 Å². The summed E-state index contributed by atoms with van der Waals surface area (Å²) in [5, 5.41) is 0.239. The first-order valence-corrected chi connectivity index (χ1v) is 11.5. The van der Waals surface area contributed by atoms with E-state index in [1.54, 1.807) is 0 Å². The van der Waals surface area contributed by atoms with Crippen molar-refractivity contribution in [2.45, 2.75) is 77.0 Å². The zero-order chi connectivity index (χ0) is 17.3. The molecule has 1 aromatic carbocycles. The van der Waals surface area contributed by atoms with Crippen LogP contribution in [0.4, 0.5) is 0 Å². The minimum Gasteiger partial charge on any atom is -0.410 e. The van der Waals surface area contributed by atoms with Crippen molar-refractivity contribution < 1.29 is 9.16 Å². The largest absolute Gasteiger partial charge is 0.410 e. The minimum atomic E-state index is -1.73. The van der Waals surface area contributed by atoms with E-state index in [2.05, 4.69) is 84.1 Å². The van der Waals surface area contributed by atoms with Gasteiger partial charge >= 0.3 is 0 Å². The normalized spacial score (nSPS) is 22.6. The molecule has 0 aliphatic heterocycles. The van der Waals surface area contributed by atoms with Crippen LogP contribution in [0, 0.1) is 0 Å². The van der Waals surface area contributed by atoms with Crippen molar-refractivity contribution >= 4 is 8.32 Å². The quantitative estimate of drug-likeness (QED) is 0.512. The van der Waals surface area contributed by atoms with Gasteiger partial charge in [-0.2, -0.15) is 0 Å². The Labute approximate surface area is 143 Å². The van der Waals surface area contributed by atoms with Gasteiger partial charge in [0.2, 0.25) is 0 Å². The molecule has 0 saturated heterocycles. The highest BCUT2D eigenvalue weighted by atomic mass is 28.4. The van der Waals surface area contributed by atoms with Crippen LogP contribution in [0.1, 0.15) is 46.6 Å². The predicted octanol–water partition coefficient (Wildman–Crippen LogP) is 5.66. The first kappa shape index (κ1) is 18.4. The van der Waals surface area contributed by atoms with Crippen LogP contribution in [0.2, 0.25) is 18.1 Å². The van der Waals surface area contributed by atoms with Gasteiger partial charge in [-0.25, -0.2) is 0 Å². The molecule has 0 bridgehead atoms. The average Bonchev–Trinajstić information content (AvgIpc) is 2.84. The lowest BCUT2D eigenvalue weighted by Crippen LogP contribution is -2.43. The van der Waals surface area contributed by atoms with Gasteiger partial charge in [-0.1, -0.05) is 63.3 Å². The van der Waals surface area contributed by atoms with E-state index in [1.165, 1.54) is 5.56 Å². The van der Waals surface area contributed by atoms with Crippen molar-refractivity contribution in [3.05, 3.63) is 48.0 Å². The molecular formula is C20H32O2Si. The van der Waals surface area contributed by atoms with Crippen LogP contribution in [-0.2, 0) is 14.8 Å². The Hall–Kier alpha value is -0.903. The van der Waals surface area contributed by atoms with Gasteiger partial charge < -0.3 is 9.16 Å². The molecule has 2 atom stereocenters. The number of ether oxygens (including phenoxy) is 1. The van der Waals surface area contributed by atoms with Gasteiger partial charge in [-0.3, -0.25) is 0 Å². The predicted molar refractivity (Wildman–Crippen MR) is 100 cm³/mol. The number of hydrogen-bond donors (Lipinski definition) is 0. The van der Waals surface area contributed by atoms with E-state index in [9.17, 15) is 0 Å². The Kier molecular flexibility index (Phi) is 5.24. The van der Waals surface area contributed by atoms with Crippen molar-refractivity contribution in [2.75, 3.05) is 0 Å². The Balaban J connectivity index is 1.95. The summed E-state index contributed by atoms with van der Waals surface area (Å²) in [5.41, 5.74) is 0.921. The van der Waals surface area contributed by atoms with Crippen LogP contribution in [-0.4, -0.2) is 20.5 Å². The molecule has 0 fully saturated rings. The maximum Gasteiger partial charge on any atom is 0.192 e. The van der Waals surface area contributed by atoms with Crippen LogP contribution in [0.25, 0.3) is 0 Å². The summed E-state index contributed by atoms with van der Waals surface area (Å²) in [6, 6.07) is 10.4. The summed E-state index contributed by atoms with van der Waals surface area (Å²) in [5.74, 6) is 0. The number of hydrogen-bond acceptors (Lipinski definition) is 2. The SMILES string of the molecule is CC(C)(O[C@@H]1C=C[C@H](O[Si](C)(C)C(C)(C)C)C1)c1ccccc1. The molecule has 0 unspecified atom stereocenters. The lowest BCUT2D eigenvalue weighted by atomic mass is 9.98. The standard InChI is InChI=1S/C20H32O2Si/c1-19(2,3)23(6,7)22-18-14-13-17(15-18)21-20(4,5)16-11-9-8-10-12-16/h8-14,17-18H,15H2,1-7H3/t17-,18+/m1/s1. The van der Waals surface area contributed by atoms with Gasteiger partial charge in [0.1, 0.15) is 0 Å². The van der Waals surface area contributed by atoms with Crippen molar-refractivity contribution in [2.24, 2.45) is 0 Å². The van der Waals surface area contributed by atoms with Gasteiger partial charge in [0.15, 0.2) is 8.32 Å². The first-order valence-electron chi connectivity index (χ1n) is 8.61.